The van der Waals surface area contributed by atoms with E-state index in [-0.39, 0.29) is 40.8 Å². The van der Waals surface area contributed by atoms with Crippen molar-refractivity contribution in [2.24, 2.45) is 4.99 Å². The third kappa shape index (κ3) is 7.94. The molecule has 2 aromatic rings. The first-order valence-corrected chi connectivity index (χ1v) is 10.6. The smallest absolute Gasteiger partial charge is 0.240 e. The molecule has 1 aromatic heterocycles. The van der Waals surface area contributed by atoms with Gasteiger partial charge in [-0.2, -0.15) is 0 Å². The Morgan fingerprint density at radius 1 is 1.14 bits per heavy atom. The number of guanidine groups is 1. The van der Waals surface area contributed by atoms with Crippen LogP contribution in [0.4, 0.5) is 0 Å². The van der Waals surface area contributed by atoms with Crippen molar-refractivity contribution in [3.63, 3.8) is 0 Å². The van der Waals surface area contributed by atoms with Gasteiger partial charge in [-0.3, -0.25) is 4.99 Å². The Balaban J connectivity index is 0.00000420. The Hall–Kier alpha value is -1.66. The monoisotopic (exact) mass is 535 g/mol. The van der Waals surface area contributed by atoms with Gasteiger partial charge >= 0.3 is 0 Å². The number of sulfonamides is 1. The van der Waals surface area contributed by atoms with Crippen LogP contribution in [0, 0.1) is 6.92 Å². The molecule has 0 atom stereocenters. The molecule has 1 heterocycles. The van der Waals surface area contributed by atoms with Gasteiger partial charge in [-0.1, -0.05) is 38.5 Å². The van der Waals surface area contributed by atoms with E-state index in [1.54, 1.807) is 37.5 Å². The number of oxazole rings is 1. The second-order valence-electron chi connectivity index (χ2n) is 7.43. The molecule has 0 aliphatic rings. The molecule has 8 nitrogen and oxygen atoms in total. The highest BCUT2D eigenvalue weighted by molar-refractivity contribution is 14.0. The predicted molar refractivity (Wildman–Crippen MR) is 125 cm³/mol. The molecule has 0 saturated carbocycles. The van der Waals surface area contributed by atoms with E-state index in [2.05, 4.69) is 46.1 Å². The van der Waals surface area contributed by atoms with Gasteiger partial charge in [0.05, 0.1) is 17.6 Å². The van der Waals surface area contributed by atoms with Gasteiger partial charge in [0.15, 0.2) is 5.96 Å². The summed E-state index contributed by atoms with van der Waals surface area (Å²) in [6.45, 7) is 9.07. The van der Waals surface area contributed by atoms with Crippen molar-refractivity contribution in [2.75, 3.05) is 20.1 Å². The molecule has 0 unspecified atom stereocenters. The number of nitrogens with zero attached hydrogens (tertiary/aromatic N) is 2. The number of halogens is 1. The van der Waals surface area contributed by atoms with Crippen LogP contribution in [0.25, 0.3) is 0 Å². The standard InChI is InChI=1S/C19H29N5O3S.HI/c1-14-6-8-15(9-7-14)28(25,26)24-11-10-21-18(20-5)23-13-17-22-12-16(27-17)19(2,3)4;/h6-9,12,24H,10-11,13H2,1-5H3,(H2,20,21,23);1H. The summed E-state index contributed by atoms with van der Waals surface area (Å²) >= 11 is 0. The Labute approximate surface area is 190 Å². The maximum absolute atomic E-state index is 12.2. The van der Waals surface area contributed by atoms with Gasteiger partial charge in [0.2, 0.25) is 15.9 Å². The van der Waals surface area contributed by atoms with Crippen LogP contribution in [0.15, 0.2) is 44.8 Å². The lowest BCUT2D eigenvalue weighted by atomic mass is 9.94. The Morgan fingerprint density at radius 3 is 2.34 bits per heavy atom. The van der Waals surface area contributed by atoms with E-state index in [0.717, 1.165) is 11.3 Å². The SMILES string of the molecule is CN=C(NCCNS(=O)(=O)c1ccc(C)cc1)NCc1ncc(C(C)(C)C)o1.I. The van der Waals surface area contributed by atoms with Crippen molar-refractivity contribution in [1.29, 1.82) is 0 Å². The lowest BCUT2D eigenvalue weighted by Gasteiger charge is -2.13. The largest absolute Gasteiger partial charge is 0.443 e. The van der Waals surface area contributed by atoms with Gasteiger partial charge in [-0.05, 0) is 19.1 Å². The molecule has 0 aliphatic heterocycles. The van der Waals surface area contributed by atoms with Gasteiger partial charge in [0.1, 0.15) is 5.76 Å². The van der Waals surface area contributed by atoms with Crippen LogP contribution >= 0.6 is 24.0 Å². The number of rotatable bonds is 7. The van der Waals surface area contributed by atoms with E-state index in [9.17, 15) is 8.42 Å². The molecule has 0 radical (unpaired) electrons. The average molecular weight is 535 g/mol. The van der Waals surface area contributed by atoms with Crippen LogP contribution in [-0.4, -0.2) is 39.5 Å². The van der Waals surface area contributed by atoms with Crippen molar-refractivity contribution < 1.29 is 12.8 Å². The second-order valence-corrected chi connectivity index (χ2v) is 9.20. The fraction of sp³-hybridized carbons (Fsp3) is 0.474. The minimum Gasteiger partial charge on any atom is -0.443 e. The van der Waals surface area contributed by atoms with Crippen LogP contribution < -0.4 is 15.4 Å². The third-order valence-corrected chi connectivity index (χ3v) is 5.44. The fourth-order valence-corrected chi connectivity index (χ4v) is 3.32. The van der Waals surface area contributed by atoms with E-state index in [1.807, 2.05) is 6.92 Å². The number of aliphatic imine (C=N–C) groups is 1. The molecule has 0 aliphatic carbocycles. The highest BCUT2D eigenvalue weighted by atomic mass is 127. The highest BCUT2D eigenvalue weighted by Crippen LogP contribution is 2.22. The zero-order valence-corrected chi connectivity index (χ0v) is 20.6. The molecule has 29 heavy (non-hydrogen) atoms. The highest BCUT2D eigenvalue weighted by Gasteiger charge is 2.19. The van der Waals surface area contributed by atoms with Gasteiger partial charge in [0.25, 0.3) is 0 Å². The van der Waals surface area contributed by atoms with E-state index >= 15 is 0 Å². The van der Waals surface area contributed by atoms with Gasteiger partial charge in [-0.15, -0.1) is 24.0 Å². The summed E-state index contributed by atoms with van der Waals surface area (Å²) in [5.41, 5.74) is 0.913. The molecular formula is C19H30IN5O3S. The van der Waals surface area contributed by atoms with Gasteiger partial charge < -0.3 is 15.1 Å². The van der Waals surface area contributed by atoms with Crippen molar-refractivity contribution in [1.82, 2.24) is 20.3 Å². The van der Waals surface area contributed by atoms with Crippen molar-refractivity contribution in [3.05, 3.63) is 47.7 Å². The van der Waals surface area contributed by atoms with Gasteiger partial charge in [-0.25, -0.2) is 18.1 Å². The predicted octanol–water partition coefficient (Wildman–Crippen LogP) is 2.54. The minimum absolute atomic E-state index is 0. The first-order valence-electron chi connectivity index (χ1n) is 9.08. The maximum Gasteiger partial charge on any atom is 0.240 e. The maximum atomic E-state index is 12.2. The summed E-state index contributed by atoms with van der Waals surface area (Å²) in [6.07, 6.45) is 1.73. The summed E-state index contributed by atoms with van der Waals surface area (Å²) in [7, 11) is -1.88. The molecule has 162 valence electrons. The molecule has 0 amide bonds. The number of hydrogen-bond donors (Lipinski definition) is 3. The van der Waals surface area contributed by atoms with Gasteiger partial charge in [0, 0.05) is 25.6 Å². The summed E-state index contributed by atoms with van der Waals surface area (Å²) in [6, 6.07) is 6.72. The number of aryl methyl sites for hydroxylation is 1. The van der Waals surface area contributed by atoms with E-state index < -0.39 is 10.0 Å². The van der Waals surface area contributed by atoms with Crippen LogP contribution in [0.5, 0.6) is 0 Å². The molecule has 0 bridgehead atoms. The molecule has 2 rings (SSSR count). The average Bonchev–Trinajstić information content (AvgIpc) is 3.11. The van der Waals surface area contributed by atoms with E-state index in [4.69, 9.17) is 4.42 Å². The quantitative estimate of drug-likeness (QED) is 0.218. The second kappa shape index (κ2) is 10.9. The number of nitrogens with one attached hydrogen (secondary N) is 3. The van der Waals surface area contributed by atoms with Crippen LogP contribution in [-0.2, 0) is 22.0 Å². The zero-order valence-electron chi connectivity index (χ0n) is 17.4. The molecule has 0 fully saturated rings. The van der Waals surface area contributed by atoms with Crippen LogP contribution in [0.3, 0.4) is 0 Å². The summed E-state index contributed by atoms with van der Waals surface area (Å²) in [4.78, 5) is 8.61. The molecular weight excluding hydrogens is 505 g/mol. The fourth-order valence-electron chi connectivity index (χ4n) is 2.29. The number of aromatic nitrogens is 1. The lowest BCUT2D eigenvalue weighted by molar-refractivity contribution is 0.379. The summed E-state index contributed by atoms with van der Waals surface area (Å²) < 4.78 is 32.8. The Morgan fingerprint density at radius 2 is 1.79 bits per heavy atom. The number of benzene rings is 1. The molecule has 1 aromatic carbocycles. The summed E-state index contributed by atoms with van der Waals surface area (Å²) in [5, 5.41) is 6.14. The molecule has 3 N–H and O–H groups in total. The van der Waals surface area contributed by atoms with E-state index in [0.29, 0.717) is 24.9 Å². The van der Waals surface area contributed by atoms with Crippen LogP contribution in [0.2, 0.25) is 0 Å². The van der Waals surface area contributed by atoms with E-state index in [1.165, 1.54) is 0 Å². The van der Waals surface area contributed by atoms with Crippen molar-refractivity contribution in [2.45, 2.75) is 44.6 Å². The van der Waals surface area contributed by atoms with Crippen molar-refractivity contribution >= 4 is 40.0 Å². The van der Waals surface area contributed by atoms with Crippen molar-refractivity contribution in [3.8, 4) is 0 Å². The number of hydrogen-bond acceptors (Lipinski definition) is 5. The molecule has 10 heteroatoms. The first-order chi connectivity index (χ1) is 13.1. The normalized spacial score (nSPS) is 12.4. The van der Waals surface area contributed by atoms with Crippen LogP contribution in [0.1, 0.15) is 38.0 Å². The third-order valence-electron chi connectivity index (χ3n) is 3.96. The zero-order chi connectivity index (χ0) is 20.8. The molecule has 0 saturated heterocycles. The Kier molecular flexibility index (Phi) is 9.56. The lowest BCUT2D eigenvalue weighted by Crippen LogP contribution is -2.41. The summed E-state index contributed by atoms with van der Waals surface area (Å²) in [5.74, 6) is 1.91. The topological polar surface area (TPSA) is 109 Å². The Bertz CT molecular complexity index is 903. The molecule has 0 spiro atoms. The minimum atomic E-state index is -3.52. The first kappa shape index (κ1) is 25.4.